The van der Waals surface area contributed by atoms with Crippen LogP contribution < -0.4 is 9.46 Å². The number of nitrogens with one attached hydrogen (secondary N) is 1. The molecule has 0 atom stereocenters. The van der Waals surface area contributed by atoms with Gasteiger partial charge in [0.25, 0.3) is 10.0 Å². The zero-order valence-electron chi connectivity index (χ0n) is 13.7. The highest BCUT2D eigenvalue weighted by molar-refractivity contribution is 7.92. The summed E-state index contributed by atoms with van der Waals surface area (Å²) >= 11 is 0. The van der Waals surface area contributed by atoms with Gasteiger partial charge in [-0.25, -0.2) is 23.4 Å². The Balaban J connectivity index is 1.82. The fourth-order valence-corrected chi connectivity index (χ4v) is 3.17. The smallest absolute Gasteiger partial charge is 0.406 e. The van der Waals surface area contributed by atoms with Gasteiger partial charge in [0.2, 0.25) is 0 Å². The van der Waals surface area contributed by atoms with Gasteiger partial charge in [0.05, 0.1) is 4.90 Å². The molecule has 2 aromatic heterocycles. The molecule has 0 spiro atoms. The highest BCUT2D eigenvalue weighted by Gasteiger charge is 2.31. The van der Waals surface area contributed by atoms with Gasteiger partial charge in [-0.3, -0.25) is 9.29 Å². The molecule has 0 aliphatic heterocycles. The number of anilines is 1. The SMILES string of the molecule is Cc1nccn1-c1cc(NS(=O)(=O)c2ccc(OC(F)(F)F)cc2)ncn1. The lowest BCUT2D eigenvalue weighted by Crippen LogP contribution is -2.17. The Kier molecular flexibility index (Phi) is 4.74. The maximum Gasteiger partial charge on any atom is 0.573 e. The molecule has 0 radical (unpaired) electrons. The Hall–Kier alpha value is -3.15. The monoisotopic (exact) mass is 399 g/mol. The number of hydrogen-bond acceptors (Lipinski definition) is 6. The summed E-state index contributed by atoms with van der Waals surface area (Å²) in [5.41, 5.74) is 0. The summed E-state index contributed by atoms with van der Waals surface area (Å²) in [7, 11) is -4.07. The van der Waals surface area contributed by atoms with Crippen molar-refractivity contribution in [3.63, 3.8) is 0 Å². The molecule has 0 saturated carbocycles. The van der Waals surface area contributed by atoms with E-state index < -0.39 is 22.1 Å². The van der Waals surface area contributed by atoms with Crippen LogP contribution in [0.3, 0.4) is 0 Å². The quantitative estimate of drug-likeness (QED) is 0.708. The van der Waals surface area contributed by atoms with Crippen molar-refractivity contribution in [1.29, 1.82) is 0 Å². The van der Waals surface area contributed by atoms with Gasteiger partial charge in [-0.1, -0.05) is 0 Å². The zero-order chi connectivity index (χ0) is 19.7. The van der Waals surface area contributed by atoms with Gasteiger partial charge in [0.15, 0.2) is 0 Å². The summed E-state index contributed by atoms with van der Waals surface area (Å²) in [6.45, 7) is 1.75. The molecule has 3 aromatic rings. The van der Waals surface area contributed by atoms with Crippen molar-refractivity contribution < 1.29 is 26.3 Å². The number of nitrogens with zero attached hydrogens (tertiary/aromatic N) is 4. The summed E-state index contributed by atoms with van der Waals surface area (Å²) in [4.78, 5) is 11.7. The second kappa shape index (κ2) is 6.87. The molecular weight excluding hydrogens is 387 g/mol. The Morgan fingerprint density at radius 1 is 1.11 bits per heavy atom. The molecule has 2 heterocycles. The lowest BCUT2D eigenvalue weighted by molar-refractivity contribution is -0.274. The number of imidazole rings is 1. The number of halogens is 3. The summed E-state index contributed by atoms with van der Waals surface area (Å²) < 4.78 is 68.9. The molecule has 3 rings (SSSR count). The fraction of sp³-hybridized carbons (Fsp3) is 0.133. The molecule has 27 heavy (non-hydrogen) atoms. The lowest BCUT2D eigenvalue weighted by atomic mass is 10.3. The van der Waals surface area contributed by atoms with Crippen LogP contribution in [0.25, 0.3) is 5.82 Å². The summed E-state index contributed by atoms with van der Waals surface area (Å²) in [6, 6.07) is 5.19. The third kappa shape index (κ3) is 4.53. The lowest BCUT2D eigenvalue weighted by Gasteiger charge is -2.11. The van der Waals surface area contributed by atoms with Crippen molar-refractivity contribution in [1.82, 2.24) is 19.5 Å². The van der Waals surface area contributed by atoms with E-state index in [1.54, 1.807) is 23.9 Å². The van der Waals surface area contributed by atoms with Crippen molar-refractivity contribution in [3.8, 4) is 11.6 Å². The normalized spacial score (nSPS) is 12.0. The van der Waals surface area contributed by atoms with Crippen LogP contribution in [0.2, 0.25) is 0 Å². The first-order valence-electron chi connectivity index (χ1n) is 7.35. The van der Waals surface area contributed by atoms with E-state index in [2.05, 4.69) is 24.4 Å². The summed E-state index contributed by atoms with van der Waals surface area (Å²) in [6.07, 6.45) is -0.477. The second-order valence-corrected chi connectivity index (χ2v) is 6.91. The predicted molar refractivity (Wildman–Crippen MR) is 87.8 cm³/mol. The minimum absolute atomic E-state index is 0.0104. The maximum absolute atomic E-state index is 12.4. The average Bonchev–Trinajstić information content (AvgIpc) is 3.00. The number of aryl methyl sites for hydroxylation is 1. The topological polar surface area (TPSA) is 99.0 Å². The number of rotatable bonds is 5. The van der Waals surface area contributed by atoms with E-state index in [0.29, 0.717) is 11.6 Å². The molecule has 1 aromatic carbocycles. The van der Waals surface area contributed by atoms with Gasteiger partial charge in [0.1, 0.15) is 29.5 Å². The van der Waals surface area contributed by atoms with Crippen LogP contribution in [0.15, 0.2) is 53.9 Å². The standard InChI is InChI=1S/C15H12F3N5O3S/c1-10-19-6-7-23(10)14-8-13(20-9-21-14)22-27(24,25)12-4-2-11(3-5-12)26-15(16,17)18/h2-9H,1H3,(H,20,21,22). The first kappa shape index (κ1) is 18.6. The predicted octanol–water partition coefficient (Wildman–Crippen LogP) is 2.67. The maximum atomic E-state index is 12.4. The molecule has 0 amide bonds. The number of aromatic nitrogens is 4. The molecule has 0 bridgehead atoms. The zero-order valence-corrected chi connectivity index (χ0v) is 14.5. The average molecular weight is 399 g/mol. The summed E-state index contributed by atoms with van der Waals surface area (Å²) in [5, 5.41) is 0. The van der Waals surface area contributed by atoms with Crippen LogP contribution in [-0.4, -0.2) is 34.3 Å². The van der Waals surface area contributed by atoms with E-state index in [4.69, 9.17) is 0 Å². The van der Waals surface area contributed by atoms with Crippen molar-refractivity contribution in [2.45, 2.75) is 18.2 Å². The third-order valence-corrected chi connectivity index (χ3v) is 4.70. The molecule has 12 heteroatoms. The van der Waals surface area contributed by atoms with E-state index in [1.165, 1.54) is 12.4 Å². The van der Waals surface area contributed by atoms with Crippen molar-refractivity contribution in [3.05, 3.63) is 54.9 Å². The summed E-state index contributed by atoms with van der Waals surface area (Å²) in [5.74, 6) is 0.499. The van der Waals surface area contributed by atoms with E-state index >= 15 is 0 Å². The Morgan fingerprint density at radius 3 is 2.41 bits per heavy atom. The molecule has 142 valence electrons. The van der Waals surface area contributed by atoms with Crippen LogP contribution in [0.4, 0.5) is 19.0 Å². The Labute approximate surface area is 151 Å². The van der Waals surface area contributed by atoms with Gasteiger partial charge in [-0.2, -0.15) is 0 Å². The Bertz CT molecular complexity index is 1050. The van der Waals surface area contributed by atoms with Gasteiger partial charge in [-0.05, 0) is 31.2 Å². The van der Waals surface area contributed by atoms with Gasteiger partial charge < -0.3 is 4.74 Å². The number of ether oxygens (including phenoxy) is 1. The molecule has 0 fully saturated rings. The largest absolute Gasteiger partial charge is 0.573 e. The molecule has 0 aliphatic rings. The molecule has 0 saturated heterocycles. The van der Waals surface area contributed by atoms with Gasteiger partial charge in [-0.15, -0.1) is 13.2 Å². The fourth-order valence-electron chi connectivity index (χ4n) is 2.17. The van der Waals surface area contributed by atoms with Crippen LogP contribution in [-0.2, 0) is 10.0 Å². The van der Waals surface area contributed by atoms with E-state index in [-0.39, 0.29) is 10.7 Å². The molecule has 1 N–H and O–H groups in total. The minimum Gasteiger partial charge on any atom is -0.406 e. The number of sulfonamides is 1. The number of alkyl halides is 3. The Morgan fingerprint density at radius 2 is 1.81 bits per heavy atom. The van der Waals surface area contributed by atoms with Crippen LogP contribution in [0.1, 0.15) is 5.82 Å². The highest BCUT2D eigenvalue weighted by atomic mass is 32.2. The van der Waals surface area contributed by atoms with Crippen molar-refractivity contribution in [2.75, 3.05) is 4.72 Å². The van der Waals surface area contributed by atoms with Crippen LogP contribution in [0.5, 0.6) is 5.75 Å². The molecular formula is C15H12F3N5O3S. The van der Waals surface area contributed by atoms with Crippen LogP contribution in [0, 0.1) is 6.92 Å². The van der Waals surface area contributed by atoms with Crippen molar-refractivity contribution >= 4 is 15.8 Å². The van der Waals surface area contributed by atoms with Gasteiger partial charge in [0, 0.05) is 18.5 Å². The van der Waals surface area contributed by atoms with E-state index in [9.17, 15) is 21.6 Å². The third-order valence-electron chi connectivity index (χ3n) is 3.33. The first-order valence-corrected chi connectivity index (χ1v) is 8.83. The highest BCUT2D eigenvalue weighted by Crippen LogP contribution is 2.24. The minimum atomic E-state index is -4.86. The second-order valence-electron chi connectivity index (χ2n) is 5.23. The first-order chi connectivity index (χ1) is 12.6. The van der Waals surface area contributed by atoms with E-state index in [0.717, 1.165) is 24.3 Å². The molecule has 8 nitrogen and oxygen atoms in total. The van der Waals surface area contributed by atoms with Crippen molar-refractivity contribution in [2.24, 2.45) is 0 Å². The molecule has 0 aliphatic carbocycles. The van der Waals surface area contributed by atoms with Gasteiger partial charge >= 0.3 is 6.36 Å². The molecule has 0 unspecified atom stereocenters. The number of benzene rings is 1. The van der Waals surface area contributed by atoms with E-state index in [1.807, 2.05) is 0 Å². The van der Waals surface area contributed by atoms with Crippen LogP contribution >= 0.6 is 0 Å². The number of hydrogen-bond donors (Lipinski definition) is 1.